The molecule has 1 fully saturated rings. The number of nitrogens with zero attached hydrogens (tertiary/aromatic N) is 1. The Morgan fingerprint density at radius 2 is 2.31 bits per heavy atom. The number of hydrogen-bond acceptors (Lipinski definition) is 4. The van der Waals surface area contributed by atoms with Crippen molar-refractivity contribution in [2.45, 2.75) is 12.1 Å². The highest BCUT2D eigenvalue weighted by Crippen LogP contribution is 2.09. The zero-order valence-electron chi connectivity index (χ0n) is 8.86. The van der Waals surface area contributed by atoms with E-state index in [9.17, 15) is 14.7 Å². The summed E-state index contributed by atoms with van der Waals surface area (Å²) in [5.41, 5.74) is -0.214. The Kier molecular flexibility index (Phi) is 2.80. The number of amides is 1. The third-order valence-corrected chi connectivity index (χ3v) is 2.80. The zero-order chi connectivity index (χ0) is 11.7. The van der Waals surface area contributed by atoms with Crippen LogP contribution in [-0.2, 0) is 0 Å². The molecule has 7 heteroatoms. The molecule has 1 aliphatic heterocycles. The molecule has 0 bridgehead atoms. The Morgan fingerprint density at radius 1 is 1.56 bits per heavy atom. The maximum Gasteiger partial charge on any atom is 0.323 e. The van der Waals surface area contributed by atoms with Crippen molar-refractivity contribution in [3.8, 4) is 0 Å². The topological polar surface area (TPSA) is 101 Å². The van der Waals surface area contributed by atoms with Crippen LogP contribution in [0.1, 0.15) is 10.5 Å². The number of aromatic nitrogens is 2. The molecule has 2 heterocycles. The first-order valence-corrected chi connectivity index (χ1v) is 5.03. The third-order valence-electron chi connectivity index (χ3n) is 2.80. The van der Waals surface area contributed by atoms with Gasteiger partial charge in [0.05, 0.1) is 12.1 Å². The van der Waals surface area contributed by atoms with Gasteiger partial charge in [0.1, 0.15) is 5.69 Å². The number of hydrogen-bond donors (Lipinski definition) is 4. The summed E-state index contributed by atoms with van der Waals surface area (Å²) in [7, 11) is 1.61. The lowest BCUT2D eigenvalue weighted by molar-refractivity contribution is 0.0576. The third kappa shape index (κ3) is 1.86. The molecule has 0 aromatic carbocycles. The second-order valence-electron chi connectivity index (χ2n) is 3.87. The number of H-pyrrole nitrogens is 2. The standard InChI is InChI=1S/C9H14N4O3/c1-13(6-3-10-4-7(6)14)8(15)5-2-11-9(16)12-5/h2,6-7,10,14H,3-4H2,1H3,(H2,11,12,16). The Hall–Kier alpha value is -1.60. The molecular weight excluding hydrogens is 212 g/mol. The van der Waals surface area contributed by atoms with Crippen molar-refractivity contribution in [1.82, 2.24) is 20.2 Å². The number of likely N-dealkylation sites (N-methyl/N-ethyl adjacent to an activating group) is 1. The molecule has 2 rings (SSSR count). The average molecular weight is 226 g/mol. The van der Waals surface area contributed by atoms with Crippen molar-refractivity contribution in [2.75, 3.05) is 20.1 Å². The largest absolute Gasteiger partial charge is 0.390 e. The average Bonchev–Trinajstić information content (AvgIpc) is 2.85. The number of aliphatic hydroxyl groups excluding tert-OH is 1. The van der Waals surface area contributed by atoms with Crippen LogP contribution in [0, 0.1) is 0 Å². The van der Waals surface area contributed by atoms with Gasteiger partial charge in [-0.15, -0.1) is 0 Å². The molecule has 0 saturated carbocycles. The summed E-state index contributed by atoms with van der Waals surface area (Å²) >= 11 is 0. The van der Waals surface area contributed by atoms with Crippen molar-refractivity contribution in [3.05, 3.63) is 22.4 Å². The second-order valence-corrected chi connectivity index (χ2v) is 3.87. The molecule has 1 aromatic rings. The van der Waals surface area contributed by atoms with Gasteiger partial charge in [-0.1, -0.05) is 0 Å². The van der Waals surface area contributed by atoms with Gasteiger partial charge in [0.15, 0.2) is 0 Å². The van der Waals surface area contributed by atoms with Gasteiger partial charge < -0.3 is 25.3 Å². The minimum absolute atomic E-state index is 0.201. The summed E-state index contributed by atoms with van der Waals surface area (Å²) in [5.74, 6) is -0.314. The Bertz CT molecular complexity index is 438. The summed E-state index contributed by atoms with van der Waals surface area (Å²) < 4.78 is 0. The molecule has 4 N–H and O–H groups in total. The van der Waals surface area contributed by atoms with Gasteiger partial charge in [-0.25, -0.2) is 4.79 Å². The fourth-order valence-corrected chi connectivity index (χ4v) is 1.83. The van der Waals surface area contributed by atoms with E-state index in [0.29, 0.717) is 13.1 Å². The number of aromatic amines is 2. The van der Waals surface area contributed by atoms with Crippen molar-refractivity contribution >= 4 is 5.91 Å². The maximum atomic E-state index is 11.9. The van der Waals surface area contributed by atoms with Crippen molar-refractivity contribution in [2.24, 2.45) is 0 Å². The molecule has 2 atom stereocenters. The van der Waals surface area contributed by atoms with E-state index in [1.165, 1.54) is 11.1 Å². The minimum Gasteiger partial charge on any atom is -0.390 e. The fourth-order valence-electron chi connectivity index (χ4n) is 1.83. The lowest BCUT2D eigenvalue weighted by atomic mass is 10.2. The molecule has 0 aliphatic carbocycles. The van der Waals surface area contributed by atoms with E-state index in [1.54, 1.807) is 7.05 Å². The van der Waals surface area contributed by atoms with Crippen LogP contribution in [0.4, 0.5) is 0 Å². The predicted molar refractivity (Wildman–Crippen MR) is 56.2 cm³/mol. The van der Waals surface area contributed by atoms with Crippen molar-refractivity contribution in [1.29, 1.82) is 0 Å². The molecule has 7 nitrogen and oxygen atoms in total. The SMILES string of the molecule is CN(C(=O)c1c[nH]c(=O)[nH]1)C1CNCC1O. The molecule has 0 spiro atoms. The number of aliphatic hydroxyl groups is 1. The maximum absolute atomic E-state index is 11.9. The van der Waals surface area contributed by atoms with E-state index < -0.39 is 11.8 Å². The molecule has 2 unspecified atom stereocenters. The first kappa shape index (κ1) is 10.9. The molecule has 0 radical (unpaired) electrons. The number of imidazole rings is 1. The Morgan fingerprint density at radius 3 is 2.81 bits per heavy atom. The van der Waals surface area contributed by atoms with Gasteiger partial charge in [0.2, 0.25) is 0 Å². The number of nitrogens with one attached hydrogen (secondary N) is 3. The van der Waals surface area contributed by atoms with Gasteiger partial charge in [-0.2, -0.15) is 0 Å². The summed E-state index contributed by atoms with van der Waals surface area (Å²) in [6.45, 7) is 1.03. The normalized spacial score (nSPS) is 24.6. The van der Waals surface area contributed by atoms with Crippen LogP contribution in [0.2, 0.25) is 0 Å². The lowest BCUT2D eigenvalue weighted by Crippen LogP contribution is -2.44. The van der Waals surface area contributed by atoms with Crippen molar-refractivity contribution in [3.63, 3.8) is 0 Å². The van der Waals surface area contributed by atoms with Gasteiger partial charge >= 0.3 is 5.69 Å². The molecule has 1 aliphatic rings. The van der Waals surface area contributed by atoms with Crippen LogP contribution in [0.15, 0.2) is 11.0 Å². The molecule has 1 amide bonds. The number of carbonyl (C=O) groups is 1. The van der Waals surface area contributed by atoms with E-state index in [1.807, 2.05) is 0 Å². The van der Waals surface area contributed by atoms with Gasteiger partial charge in [0.25, 0.3) is 5.91 Å². The summed E-state index contributed by atoms with van der Waals surface area (Å²) in [4.78, 5) is 28.9. The minimum atomic E-state index is -0.570. The summed E-state index contributed by atoms with van der Waals surface area (Å²) in [6.07, 6.45) is 0.759. The predicted octanol–water partition coefficient (Wildman–Crippen LogP) is -1.89. The van der Waals surface area contributed by atoms with Crippen LogP contribution in [0.25, 0.3) is 0 Å². The van der Waals surface area contributed by atoms with Gasteiger partial charge in [-0.3, -0.25) is 4.79 Å². The number of carbonyl (C=O) groups excluding carboxylic acids is 1. The van der Waals surface area contributed by atoms with Gasteiger partial charge in [-0.05, 0) is 0 Å². The van der Waals surface area contributed by atoms with E-state index in [-0.39, 0.29) is 17.6 Å². The van der Waals surface area contributed by atoms with E-state index in [0.717, 1.165) is 0 Å². The van der Waals surface area contributed by atoms with Crippen molar-refractivity contribution < 1.29 is 9.90 Å². The molecule has 88 valence electrons. The monoisotopic (exact) mass is 226 g/mol. The fraction of sp³-hybridized carbons (Fsp3) is 0.556. The zero-order valence-corrected chi connectivity index (χ0v) is 8.86. The van der Waals surface area contributed by atoms with Crippen LogP contribution in [-0.4, -0.2) is 58.2 Å². The summed E-state index contributed by atoms with van der Waals surface area (Å²) in [6, 6.07) is -0.258. The smallest absolute Gasteiger partial charge is 0.323 e. The Balaban J connectivity index is 2.12. The molecule has 1 aromatic heterocycles. The number of rotatable bonds is 2. The van der Waals surface area contributed by atoms with E-state index >= 15 is 0 Å². The van der Waals surface area contributed by atoms with Crippen LogP contribution in [0.3, 0.4) is 0 Å². The van der Waals surface area contributed by atoms with Gasteiger partial charge in [0, 0.05) is 26.3 Å². The van der Waals surface area contributed by atoms with E-state index in [2.05, 4.69) is 15.3 Å². The first-order valence-electron chi connectivity index (χ1n) is 5.03. The molecule has 1 saturated heterocycles. The van der Waals surface area contributed by atoms with Crippen LogP contribution < -0.4 is 11.0 Å². The van der Waals surface area contributed by atoms with E-state index in [4.69, 9.17) is 0 Å². The molecule has 16 heavy (non-hydrogen) atoms. The second kappa shape index (κ2) is 4.11. The first-order chi connectivity index (χ1) is 7.59. The van der Waals surface area contributed by atoms with Crippen LogP contribution >= 0.6 is 0 Å². The quantitative estimate of drug-likeness (QED) is 0.473. The number of β-amino-alcohol motifs (C(OH)–C–C–N with tert-alkyl or cyclic N) is 1. The van der Waals surface area contributed by atoms with Crippen LogP contribution in [0.5, 0.6) is 0 Å². The lowest BCUT2D eigenvalue weighted by Gasteiger charge is -2.25. The summed E-state index contributed by atoms with van der Waals surface area (Å²) in [5, 5.41) is 12.6. The highest BCUT2D eigenvalue weighted by molar-refractivity contribution is 5.92. The molecular formula is C9H14N4O3. The highest BCUT2D eigenvalue weighted by Gasteiger charge is 2.31. The Labute approximate surface area is 91.5 Å². The highest BCUT2D eigenvalue weighted by atomic mass is 16.3.